The van der Waals surface area contributed by atoms with Crippen molar-refractivity contribution in [1.29, 1.82) is 0 Å². The van der Waals surface area contributed by atoms with Crippen molar-refractivity contribution in [3.8, 4) is 0 Å². The van der Waals surface area contributed by atoms with Crippen LogP contribution in [0.2, 0.25) is 0 Å². The Morgan fingerprint density at radius 1 is 1.12 bits per heavy atom. The van der Waals surface area contributed by atoms with Crippen LogP contribution >= 0.6 is 0 Å². The predicted molar refractivity (Wildman–Crippen MR) is 144 cm³/mol. The van der Waals surface area contributed by atoms with Crippen molar-refractivity contribution in [3.05, 3.63) is 46.5 Å². The Bertz CT molecular complexity index is 1240. The van der Waals surface area contributed by atoms with E-state index in [1.807, 2.05) is 6.92 Å². The zero-order chi connectivity index (χ0) is 30.2. The highest BCUT2D eigenvalue weighted by atomic mass is 19.3. The van der Waals surface area contributed by atoms with E-state index in [0.29, 0.717) is 17.4 Å². The van der Waals surface area contributed by atoms with Crippen LogP contribution in [-0.2, 0) is 4.74 Å². The molecule has 14 heteroatoms. The third kappa shape index (κ3) is 7.29. The number of amides is 2. The zero-order valence-corrected chi connectivity index (χ0v) is 23.3. The number of carbonyl (C=O) groups excluding carboxylic acids is 2. The Balaban J connectivity index is 1.95. The Hall–Kier alpha value is -3.36. The molecule has 4 atom stereocenters. The summed E-state index contributed by atoms with van der Waals surface area (Å²) in [7, 11) is 0. The lowest BCUT2D eigenvalue weighted by Crippen LogP contribution is -2.45. The second-order valence-electron chi connectivity index (χ2n) is 10.1. The fraction of sp³-hybridized carbons (Fsp3) is 0.630. The smallest absolute Gasteiger partial charge is 0.351 e. The van der Waals surface area contributed by atoms with E-state index in [2.05, 4.69) is 21.9 Å². The first-order valence-corrected chi connectivity index (χ1v) is 13.9. The summed E-state index contributed by atoms with van der Waals surface area (Å²) in [5.74, 6) is -5.78. The number of nitrogens with zero attached hydrogens (tertiary/aromatic N) is 5. The lowest BCUT2D eigenvalue weighted by Gasteiger charge is -2.31. The van der Waals surface area contributed by atoms with E-state index in [-0.39, 0.29) is 17.2 Å². The molecule has 12 nitrogen and oxygen atoms in total. The number of aliphatic hydroxyl groups is 2. The van der Waals surface area contributed by atoms with E-state index in [1.54, 1.807) is 0 Å². The molecule has 2 aromatic rings. The molecule has 4 N–H and O–H groups in total. The van der Waals surface area contributed by atoms with Crippen molar-refractivity contribution in [2.24, 2.45) is 5.73 Å². The van der Waals surface area contributed by atoms with Gasteiger partial charge >= 0.3 is 11.6 Å². The second-order valence-corrected chi connectivity index (χ2v) is 10.1. The minimum Gasteiger partial charge on any atom is -0.394 e. The number of rotatable bonds is 15. The molecule has 1 aliphatic rings. The van der Waals surface area contributed by atoms with Gasteiger partial charge in [-0.05, 0) is 18.9 Å². The third-order valence-corrected chi connectivity index (χ3v) is 7.20. The molecule has 1 fully saturated rings. The summed E-state index contributed by atoms with van der Waals surface area (Å²) in [6.07, 6.45) is 5.58. The number of aromatic nitrogens is 4. The molecule has 3 heterocycles. The number of ether oxygens (including phenoxy) is 1. The van der Waals surface area contributed by atoms with Gasteiger partial charge in [0.05, 0.1) is 6.61 Å². The highest BCUT2D eigenvalue weighted by Gasteiger charge is 2.59. The van der Waals surface area contributed by atoms with Gasteiger partial charge in [0.1, 0.15) is 11.9 Å². The summed E-state index contributed by atoms with van der Waals surface area (Å²) in [6, 6.07) is 0.721. The first-order valence-electron chi connectivity index (χ1n) is 13.9. The fourth-order valence-electron chi connectivity index (χ4n) is 4.93. The van der Waals surface area contributed by atoms with Gasteiger partial charge in [0.2, 0.25) is 6.23 Å². The van der Waals surface area contributed by atoms with Crippen LogP contribution in [-0.4, -0.2) is 72.3 Å². The Morgan fingerprint density at radius 3 is 2.32 bits per heavy atom. The number of alkyl halides is 2. The first kappa shape index (κ1) is 32.2. The van der Waals surface area contributed by atoms with E-state index < -0.39 is 54.5 Å². The molecule has 2 aromatic heterocycles. The number of carbonyl (C=O) groups is 2. The van der Waals surface area contributed by atoms with Gasteiger partial charge in [-0.2, -0.15) is 13.8 Å². The molecular weight excluding hydrogens is 542 g/mol. The Labute approximate surface area is 236 Å². The molecule has 226 valence electrons. The summed E-state index contributed by atoms with van der Waals surface area (Å²) >= 11 is 0. The van der Waals surface area contributed by atoms with Crippen LogP contribution in [0.1, 0.15) is 98.8 Å². The summed E-state index contributed by atoms with van der Waals surface area (Å²) in [4.78, 5) is 51.8. The molecule has 41 heavy (non-hydrogen) atoms. The summed E-state index contributed by atoms with van der Waals surface area (Å²) in [6.45, 7) is 3.11. The minimum atomic E-state index is -3.89. The summed E-state index contributed by atoms with van der Waals surface area (Å²) in [5.41, 5.74) is 3.56. The van der Waals surface area contributed by atoms with Crippen LogP contribution in [0.5, 0.6) is 0 Å². The van der Waals surface area contributed by atoms with Crippen LogP contribution in [0.3, 0.4) is 0 Å². The predicted octanol–water partition coefficient (Wildman–Crippen LogP) is 2.58. The van der Waals surface area contributed by atoms with Crippen LogP contribution in [0.4, 0.5) is 14.6 Å². The minimum absolute atomic E-state index is 0.146. The fourth-order valence-corrected chi connectivity index (χ4v) is 4.93. The molecule has 0 saturated carbocycles. The number of halogens is 2. The molecule has 0 aliphatic carbocycles. The van der Waals surface area contributed by atoms with Gasteiger partial charge in [-0.1, -0.05) is 58.8 Å². The summed E-state index contributed by atoms with van der Waals surface area (Å²) < 4.78 is 34.9. The normalized spacial score (nSPS) is 20.6. The molecular formula is C27H38F2N6O6. The molecule has 3 rings (SSSR count). The molecule has 2 amide bonds. The average Bonchev–Trinajstić information content (AvgIpc) is 3.19. The monoisotopic (exact) mass is 580 g/mol. The number of unbranched alkanes of at least 4 members (excludes halogenated alkanes) is 6. The van der Waals surface area contributed by atoms with Crippen molar-refractivity contribution in [3.63, 3.8) is 0 Å². The molecule has 1 aliphatic heterocycles. The van der Waals surface area contributed by atoms with Crippen molar-refractivity contribution < 1.29 is 33.3 Å². The van der Waals surface area contributed by atoms with Gasteiger partial charge in [0.15, 0.2) is 17.5 Å². The molecule has 0 bridgehead atoms. The standard InChI is InChI=1S/C27H38F2N6O6/c1-3-5-6-7-8-9-10-11-17(4-2)35(24(39)21-20(23(30)38)31-13-14-32-21)19-12-15-34(26(40)33-19)25-27(28,29)22(37)18(16-36)41-25/h12-15,17-18,22,25,36-37H,3-11,16H2,1-2H3,(H2,30,38)/t17?,18-,22-,25-/m1/s1. The highest BCUT2D eigenvalue weighted by Crippen LogP contribution is 2.42. The molecule has 0 aromatic carbocycles. The van der Waals surface area contributed by atoms with Crippen molar-refractivity contribution in [2.75, 3.05) is 11.5 Å². The number of hydrogen-bond donors (Lipinski definition) is 3. The molecule has 0 spiro atoms. The SMILES string of the molecule is CCCCCCCCCC(CC)N(C(=O)c1nccnc1C(N)=O)c1ccn([C@@H]2O[C@H](CO)[C@@H](O)C2(F)F)c(=O)n1. The number of hydrogen-bond acceptors (Lipinski definition) is 9. The van der Waals surface area contributed by atoms with Gasteiger partial charge in [-0.3, -0.25) is 19.1 Å². The van der Waals surface area contributed by atoms with Crippen LogP contribution in [0.15, 0.2) is 29.5 Å². The van der Waals surface area contributed by atoms with E-state index in [4.69, 9.17) is 10.5 Å². The molecule has 1 saturated heterocycles. The van der Waals surface area contributed by atoms with Gasteiger partial charge in [0.25, 0.3) is 11.8 Å². The van der Waals surface area contributed by atoms with Crippen LogP contribution < -0.4 is 16.3 Å². The van der Waals surface area contributed by atoms with Crippen LogP contribution in [0.25, 0.3) is 0 Å². The topological polar surface area (TPSA) is 174 Å². The lowest BCUT2D eigenvalue weighted by molar-refractivity contribution is -0.140. The van der Waals surface area contributed by atoms with E-state index in [1.165, 1.54) is 29.8 Å². The van der Waals surface area contributed by atoms with E-state index in [0.717, 1.165) is 44.7 Å². The number of nitrogens with two attached hydrogens (primary N) is 1. The quantitative estimate of drug-likeness (QED) is 0.268. The van der Waals surface area contributed by atoms with Gasteiger partial charge < -0.3 is 20.7 Å². The van der Waals surface area contributed by atoms with Gasteiger partial charge in [-0.15, -0.1) is 0 Å². The van der Waals surface area contributed by atoms with Crippen molar-refractivity contribution in [1.82, 2.24) is 19.5 Å². The largest absolute Gasteiger partial charge is 0.394 e. The maximum Gasteiger partial charge on any atom is 0.351 e. The first-order chi connectivity index (χ1) is 19.6. The van der Waals surface area contributed by atoms with Gasteiger partial charge in [0, 0.05) is 24.6 Å². The van der Waals surface area contributed by atoms with Gasteiger partial charge in [-0.25, -0.2) is 14.8 Å². The number of aliphatic hydroxyl groups excluding tert-OH is 2. The average molecular weight is 581 g/mol. The summed E-state index contributed by atoms with van der Waals surface area (Å²) in [5, 5.41) is 19.1. The lowest BCUT2D eigenvalue weighted by atomic mass is 10.0. The Morgan fingerprint density at radius 2 is 1.76 bits per heavy atom. The molecule has 1 unspecified atom stereocenters. The highest BCUT2D eigenvalue weighted by molar-refractivity contribution is 6.10. The zero-order valence-electron chi connectivity index (χ0n) is 23.3. The van der Waals surface area contributed by atoms with Crippen molar-refractivity contribution in [2.45, 2.75) is 102 Å². The Kier molecular flexibility index (Phi) is 11.4. The molecule has 0 radical (unpaired) electrons. The van der Waals surface area contributed by atoms with Crippen molar-refractivity contribution >= 4 is 17.6 Å². The van der Waals surface area contributed by atoms with E-state index in [9.17, 15) is 33.4 Å². The van der Waals surface area contributed by atoms with Crippen LogP contribution in [0, 0.1) is 0 Å². The number of primary amides is 1. The number of anilines is 1. The third-order valence-electron chi connectivity index (χ3n) is 7.20. The van der Waals surface area contributed by atoms with E-state index >= 15 is 0 Å². The second kappa shape index (κ2) is 14.5. The maximum absolute atomic E-state index is 14.7. The maximum atomic E-state index is 14.7.